The molecule has 0 saturated heterocycles. The van der Waals surface area contributed by atoms with E-state index in [1.807, 2.05) is 36.6 Å². The zero-order valence-electron chi connectivity index (χ0n) is 10.8. The quantitative estimate of drug-likeness (QED) is 0.660. The van der Waals surface area contributed by atoms with Crippen LogP contribution in [-0.2, 0) is 11.2 Å². The molecule has 0 aromatic heterocycles. The van der Waals surface area contributed by atoms with Gasteiger partial charge in [-0.2, -0.15) is 11.8 Å². The fourth-order valence-corrected chi connectivity index (χ4v) is 1.83. The molecule has 0 saturated carbocycles. The summed E-state index contributed by atoms with van der Waals surface area (Å²) in [6.45, 7) is 0.519. The molecule has 5 nitrogen and oxygen atoms in total. The summed E-state index contributed by atoms with van der Waals surface area (Å²) in [6, 6.07) is 7.85. The fraction of sp³-hybridized carbons (Fsp3) is 0.385. The molecule has 1 atom stereocenters. The number of amides is 2. The maximum atomic E-state index is 11.5. The molecule has 0 aliphatic heterocycles. The summed E-state index contributed by atoms with van der Waals surface area (Å²) in [5.41, 5.74) is 0.874. The van der Waals surface area contributed by atoms with Crippen molar-refractivity contribution in [1.82, 2.24) is 10.6 Å². The second-order valence-corrected chi connectivity index (χ2v) is 4.96. The van der Waals surface area contributed by atoms with Gasteiger partial charge >= 0.3 is 12.0 Å². The molecule has 0 bridgehead atoms. The highest BCUT2D eigenvalue weighted by atomic mass is 32.2. The summed E-state index contributed by atoms with van der Waals surface area (Å²) in [5, 5.41) is 14.2. The van der Waals surface area contributed by atoms with Crippen molar-refractivity contribution in [2.75, 3.05) is 18.6 Å². The number of carboxylic acids is 1. The molecule has 104 valence electrons. The van der Waals surface area contributed by atoms with Gasteiger partial charge in [0.1, 0.15) is 6.04 Å². The van der Waals surface area contributed by atoms with Gasteiger partial charge in [0.15, 0.2) is 0 Å². The second kappa shape index (κ2) is 8.42. The monoisotopic (exact) mass is 282 g/mol. The molecule has 0 aliphatic carbocycles. The molecule has 0 unspecified atom stereocenters. The van der Waals surface area contributed by atoms with Gasteiger partial charge in [0, 0.05) is 18.7 Å². The van der Waals surface area contributed by atoms with Gasteiger partial charge in [-0.05, 0) is 11.8 Å². The zero-order valence-corrected chi connectivity index (χ0v) is 11.6. The highest BCUT2D eigenvalue weighted by Crippen LogP contribution is 2.03. The minimum absolute atomic E-state index is 0.270. The zero-order chi connectivity index (χ0) is 14.1. The van der Waals surface area contributed by atoms with Crippen molar-refractivity contribution in [3.05, 3.63) is 35.9 Å². The Morgan fingerprint density at radius 2 is 2.00 bits per heavy atom. The van der Waals surface area contributed by atoms with E-state index >= 15 is 0 Å². The van der Waals surface area contributed by atoms with Gasteiger partial charge in [-0.3, -0.25) is 0 Å². The minimum atomic E-state index is -1.04. The molecule has 2 amide bonds. The Morgan fingerprint density at radius 3 is 2.58 bits per heavy atom. The average molecular weight is 282 g/mol. The number of benzene rings is 1. The molecule has 19 heavy (non-hydrogen) atoms. The van der Waals surface area contributed by atoms with Crippen molar-refractivity contribution in [3.63, 3.8) is 0 Å². The number of hydrogen-bond acceptors (Lipinski definition) is 3. The molecule has 0 radical (unpaired) electrons. The molecule has 6 heteroatoms. The molecule has 3 N–H and O–H groups in total. The lowest BCUT2D eigenvalue weighted by atomic mass is 10.1. The van der Waals surface area contributed by atoms with Crippen molar-refractivity contribution >= 4 is 23.8 Å². The summed E-state index contributed by atoms with van der Waals surface area (Å²) in [5.74, 6) is -0.243. The SMILES string of the molecule is CSCCNC(=O)N[C@H](Cc1ccccc1)C(=O)O. The predicted octanol–water partition coefficient (Wildman–Crippen LogP) is 1.34. The van der Waals surface area contributed by atoms with Gasteiger partial charge in [-0.1, -0.05) is 30.3 Å². The number of nitrogens with one attached hydrogen (secondary N) is 2. The van der Waals surface area contributed by atoms with Gasteiger partial charge in [0.05, 0.1) is 0 Å². The second-order valence-electron chi connectivity index (χ2n) is 3.97. The number of aliphatic carboxylic acids is 1. The van der Waals surface area contributed by atoms with Crippen LogP contribution in [0.15, 0.2) is 30.3 Å². The van der Waals surface area contributed by atoms with E-state index in [-0.39, 0.29) is 6.42 Å². The molecule has 0 spiro atoms. The van der Waals surface area contributed by atoms with Crippen LogP contribution in [0, 0.1) is 0 Å². The van der Waals surface area contributed by atoms with Crippen LogP contribution in [0.3, 0.4) is 0 Å². The first-order chi connectivity index (χ1) is 9.13. The van der Waals surface area contributed by atoms with Crippen LogP contribution < -0.4 is 10.6 Å². The summed E-state index contributed by atoms with van der Waals surface area (Å²) in [7, 11) is 0. The van der Waals surface area contributed by atoms with Crippen molar-refractivity contribution in [1.29, 1.82) is 0 Å². The summed E-state index contributed by atoms with van der Waals surface area (Å²) < 4.78 is 0. The van der Waals surface area contributed by atoms with Crippen LogP contribution in [-0.4, -0.2) is 41.7 Å². The van der Waals surface area contributed by atoms with E-state index in [4.69, 9.17) is 5.11 Å². The number of thioether (sulfide) groups is 1. The number of rotatable bonds is 7. The number of carboxylic acid groups (broad SMARTS) is 1. The van der Waals surface area contributed by atoms with E-state index < -0.39 is 18.0 Å². The Hall–Kier alpha value is -1.69. The highest BCUT2D eigenvalue weighted by molar-refractivity contribution is 7.98. The van der Waals surface area contributed by atoms with Crippen molar-refractivity contribution in [2.24, 2.45) is 0 Å². The first kappa shape index (κ1) is 15.4. The van der Waals surface area contributed by atoms with Crippen LogP contribution in [0.2, 0.25) is 0 Å². The largest absolute Gasteiger partial charge is 0.480 e. The first-order valence-electron chi connectivity index (χ1n) is 5.93. The number of carbonyl (C=O) groups excluding carboxylic acids is 1. The smallest absolute Gasteiger partial charge is 0.326 e. The van der Waals surface area contributed by atoms with Crippen LogP contribution >= 0.6 is 11.8 Å². The number of hydrogen-bond donors (Lipinski definition) is 3. The van der Waals surface area contributed by atoms with Crippen molar-refractivity contribution in [2.45, 2.75) is 12.5 Å². The highest BCUT2D eigenvalue weighted by Gasteiger charge is 2.19. The molecule has 1 aromatic carbocycles. The fourth-order valence-electron chi connectivity index (χ4n) is 1.53. The Kier molecular flexibility index (Phi) is 6.81. The Balaban J connectivity index is 2.49. The van der Waals surface area contributed by atoms with E-state index in [1.165, 1.54) is 0 Å². The number of carbonyl (C=O) groups is 2. The minimum Gasteiger partial charge on any atom is -0.480 e. The lowest BCUT2D eigenvalue weighted by Crippen LogP contribution is -2.47. The molecule has 0 heterocycles. The molecular weight excluding hydrogens is 264 g/mol. The molecule has 0 fully saturated rings. The summed E-state index contributed by atoms with van der Waals surface area (Å²) in [6.07, 6.45) is 2.21. The van der Waals surface area contributed by atoms with Crippen LogP contribution in [0.4, 0.5) is 4.79 Å². The van der Waals surface area contributed by atoms with Gasteiger partial charge in [0.25, 0.3) is 0 Å². The maximum absolute atomic E-state index is 11.5. The first-order valence-corrected chi connectivity index (χ1v) is 7.33. The van der Waals surface area contributed by atoms with Crippen LogP contribution in [0.5, 0.6) is 0 Å². The molecule has 0 aliphatic rings. The van der Waals surface area contributed by atoms with Gasteiger partial charge in [-0.25, -0.2) is 9.59 Å². The molecule has 1 aromatic rings. The lowest BCUT2D eigenvalue weighted by molar-refractivity contribution is -0.139. The third-order valence-electron chi connectivity index (χ3n) is 2.48. The van der Waals surface area contributed by atoms with E-state index in [1.54, 1.807) is 11.8 Å². The lowest BCUT2D eigenvalue weighted by Gasteiger charge is -2.15. The summed E-state index contributed by atoms with van der Waals surface area (Å²) in [4.78, 5) is 22.7. The molecule has 1 rings (SSSR count). The maximum Gasteiger partial charge on any atom is 0.326 e. The van der Waals surface area contributed by atoms with E-state index in [0.717, 1.165) is 11.3 Å². The van der Waals surface area contributed by atoms with Crippen molar-refractivity contribution in [3.8, 4) is 0 Å². The topological polar surface area (TPSA) is 78.4 Å². The van der Waals surface area contributed by atoms with Crippen molar-refractivity contribution < 1.29 is 14.7 Å². The van der Waals surface area contributed by atoms with Gasteiger partial charge in [0.2, 0.25) is 0 Å². The molecular formula is C13H18N2O3S. The Morgan fingerprint density at radius 1 is 1.32 bits per heavy atom. The average Bonchev–Trinajstić information content (AvgIpc) is 2.39. The number of urea groups is 1. The predicted molar refractivity (Wildman–Crippen MR) is 76.5 cm³/mol. The van der Waals surface area contributed by atoms with Crippen LogP contribution in [0.1, 0.15) is 5.56 Å². The third-order valence-corrected chi connectivity index (χ3v) is 3.09. The standard InChI is InChI=1S/C13H18N2O3S/c1-19-8-7-14-13(18)15-11(12(16)17)9-10-5-3-2-4-6-10/h2-6,11H,7-9H2,1H3,(H,16,17)(H2,14,15,18)/t11-/m1/s1. The Labute approximate surface area is 116 Å². The van der Waals surface area contributed by atoms with E-state index in [0.29, 0.717) is 6.54 Å². The summed E-state index contributed by atoms with van der Waals surface area (Å²) >= 11 is 1.61. The van der Waals surface area contributed by atoms with Gasteiger partial charge < -0.3 is 15.7 Å². The van der Waals surface area contributed by atoms with Crippen LogP contribution in [0.25, 0.3) is 0 Å². The van der Waals surface area contributed by atoms with Gasteiger partial charge in [-0.15, -0.1) is 0 Å². The van der Waals surface area contributed by atoms with E-state index in [2.05, 4.69) is 10.6 Å². The van der Waals surface area contributed by atoms with E-state index in [9.17, 15) is 9.59 Å². The third kappa shape index (κ3) is 6.15. The normalized spacial score (nSPS) is 11.6. The Bertz CT molecular complexity index is 412.